The lowest BCUT2D eigenvalue weighted by Gasteiger charge is -2.36. The third-order valence-corrected chi connectivity index (χ3v) is 6.18. The fourth-order valence-electron chi connectivity index (χ4n) is 3.01. The van der Waals surface area contributed by atoms with Gasteiger partial charge in [0, 0.05) is 45.8 Å². The number of piperazine rings is 1. The summed E-state index contributed by atoms with van der Waals surface area (Å²) in [5, 5.41) is 7.58. The largest absolute Gasteiger partial charge is 0.315 e. The standard InChI is InChI=1S/C12H21N5O2S.ClH/c1-15-12(3-5-14-15)20(18,19)17-8-6-16(7-9-17)11-2-4-13-10-11;/h3,5,11,13H,2,4,6-10H2,1H3;1H. The highest BCUT2D eigenvalue weighted by molar-refractivity contribution is 7.89. The van der Waals surface area contributed by atoms with Gasteiger partial charge in [0.1, 0.15) is 0 Å². The quantitative estimate of drug-likeness (QED) is 0.807. The second-order valence-electron chi connectivity index (χ2n) is 5.38. The van der Waals surface area contributed by atoms with Gasteiger partial charge in [-0.3, -0.25) is 9.58 Å². The van der Waals surface area contributed by atoms with Gasteiger partial charge >= 0.3 is 0 Å². The first-order chi connectivity index (χ1) is 9.59. The van der Waals surface area contributed by atoms with E-state index < -0.39 is 10.0 Å². The fourth-order valence-corrected chi connectivity index (χ4v) is 4.53. The monoisotopic (exact) mass is 335 g/mol. The molecule has 120 valence electrons. The summed E-state index contributed by atoms with van der Waals surface area (Å²) < 4.78 is 28.1. The van der Waals surface area contributed by atoms with Gasteiger partial charge in [0.25, 0.3) is 10.0 Å². The number of aromatic nitrogens is 2. The maximum Gasteiger partial charge on any atom is 0.260 e. The average molecular weight is 336 g/mol. The fraction of sp³-hybridized carbons (Fsp3) is 0.750. The van der Waals surface area contributed by atoms with E-state index in [9.17, 15) is 8.42 Å². The van der Waals surface area contributed by atoms with Crippen LogP contribution >= 0.6 is 12.4 Å². The van der Waals surface area contributed by atoms with E-state index in [0.29, 0.717) is 19.1 Å². The van der Waals surface area contributed by atoms with E-state index in [1.165, 1.54) is 10.9 Å². The van der Waals surface area contributed by atoms with E-state index in [0.717, 1.165) is 32.6 Å². The molecule has 2 saturated heterocycles. The number of nitrogens with zero attached hydrogens (tertiary/aromatic N) is 4. The normalized spacial score (nSPS) is 24.9. The number of rotatable bonds is 3. The predicted octanol–water partition coefficient (Wildman–Crippen LogP) is -0.490. The molecule has 0 radical (unpaired) electrons. The highest BCUT2D eigenvalue weighted by Crippen LogP contribution is 2.18. The van der Waals surface area contributed by atoms with Crippen molar-refractivity contribution in [3.63, 3.8) is 0 Å². The molecule has 21 heavy (non-hydrogen) atoms. The van der Waals surface area contributed by atoms with Crippen LogP contribution in [0.4, 0.5) is 0 Å². The zero-order valence-electron chi connectivity index (χ0n) is 12.1. The molecule has 0 spiro atoms. The van der Waals surface area contributed by atoms with Crippen molar-refractivity contribution in [1.82, 2.24) is 24.3 Å². The van der Waals surface area contributed by atoms with Crippen LogP contribution in [0.25, 0.3) is 0 Å². The minimum atomic E-state index is -3.40. The summed E-state index contributed by atoms with van der Waals surface area (Å²) in [6, 6.07) is 2.12. The number of sulfonamides is 1. The van der Waals surface area contributed by atoms with E-state index >= 15 is 0 Å². The molecule has 2 aliphatic heterocycles. The summed E-state index contributed by atoms with van der Waals surface area (Å²) in [4.78, 5) is 2.40. The Bertz CT molecular complexity index is 562. The lowest BCUT2D eigenvalue weighted by molar-refractivity contribution is 0.145. The van der Waals surface area contributed by atoms with Crippen molar-refractivity contribution >= 4 is 22.4 Å². The van der Waals surface area contributed by atoms with Crippen molar-refractivity contribution in [3.05, 3.63) is 12.3 Å². The van der Waals surface area contributed by atoms with Gasteiger partial charge in [-0.25, -0.2) is 8.42 Å². The van der Waals surface area contributed by atoms with Gasteiger partial charge in [-0.1, -0.05) is 0 Å². The smallest absolute Gasteiger partial charge is 0.260 e. The molecule has 0 aromatic carbocycles. The van der Waals surface area contributed by atoms with Crippen LogP contribution in [0.5, 0.6) is 0 Å². The first kappa shape index (κ1) is 16.7. The van der Waals surface area contributed by atoms with Crippen LogP contribution in [0.3, 0.4) is 0 Å². The molecule has 1 unspecified atom stereocenters. The Morgan fingerprint density at radius 1 is 1.29 bits per heavy atom. The van der Waals surface area contributed by atoms with E-state index in [4.69, 9.17) is 0 Å². The van der Waals surface area contributed by atoms with Crippen LogP contribution in [-0.2, 0) is 17.1 Å². The molecular weight excluding hydrogens is 314 g/mol. The number of hydrogen-bond acceptors (Lipinski definition) is 5. The first-order valence-electron chi connectivity index (χ1n) is 7.02. The van der Waals surface area contributed by atoms with Crippen LogP contribution in [0, 0.1) is 0 Å². The van der Waals surface area contributed by atoms with E-state index in [1.807, 2.05) is 0 Å². The molecule has 2 aliphatic rings. The highest BCUT2D eigenvalue weighted by Gasteiger charge is 2.33. The SMILES string of the molecule is Cl.Cn1nccc1S(=O)(=O)N1CCN(C2CCNC2)CC1. The molecule has 0 bridgehead atoms. The summed E-state index contributed by atoms with van der Waals surface area (Å²) in [7, 11) is -1.74. The Morgan fingerprint density at radius 2 is 2.00 bits per heavy atom. The Kier molecular flexibility index (Phi) is 5.26. The Morgan fingerprint density at radius 3 is 2.52 bits per heavy atom. The Labute approximate surface area is 131 Å². The van der Waals surface area contributed by atoms with E-state index in [2.05, 4.69) is 15.3 Å². The molecule has 1 N–H and O–H groups in total. The van der Waals surface area contributed by atoms with Crippen molar-refractivity contribution in [3.8, 4) is 0 Å². The van der Waals surface area contributed by atoms with Gasteiger partial charge in [-0.15, -0.1) is 12.4 Å². The van der Waals surface area contributed by atoms with Crippen molar-refractivity contribution in [2.75, 3.05) is 39.3 Å². The molecule has 7 nitrogen and oxygen atoms in total. The van der Waals surface area contributed by atoms with Gasteiger partial charge in [0.2, 0.25) is 0 Å². The molecule has 1 atom stereocenters. The maximum absolute atomic E-state index is 12.5. The van der Waals surface area contributed by atoms with Crippen LogP contribution in [0.2, 0.25) is 0 Å². The zero-order chi connectivity index (χ0) is 14.2. The molecular formula is C12H22ClN5O2S. The minimum absolute atomic E-state index is 0. The van der Waals surface area contributed by atoms with Crippen molar-refractivity contribution in [2.24, 2.45) is 7.05 Å². The molecule has 3 heterocycles. The predicted molar refractivity (Wildman–Crippen MR) is 82.1 cm³/mol. The third-order valence-electron chi connectivity index (χ3n) is 4.20. The van der Waals surface area contributed by atoms with Crippen molar-refractivity contribution in [2.45, 2.75) is 17.5 Å². The molecule has 1 aromatic heterocycles. The summed E-state index contributed by atoms with van der Waals surface area (Å²) >= 11 is 0. The Balaban J connectivity index is 0.00000161. The molecule has 0 amide bonds. The summed E-state index contributed by atoms with van der Waals surface area (Å²) in [6.45, 7) is 4.83. The second-order valence-corrected chi connectivity index (χ2v) is 7.26. The number of aryl methyl sites for hydroxylation is 1. The summed E-state index contributed by atoms with van der Waals surface area (Å²) in [5.74, 6) is 0. The number of halogens is 1. The lowest BCUT2D eigenvalue weighted by Crippen LogP contribution is -2.52. The van der Waals surface area contributed by atoms with Gasteiger partial charge in [-0.2, -0.15) is 9.40 Å². The van der Waals surface area contributed by atoms with Crippen molar-refractivity contribution < 1.29 is 8.42 Å². The lowest BCUT2D eigenvalue weighted by atomic mass is 10.2. The van der Waals surface area contributed by atoms with Gasteiger partial charge in [0.05, 0.1) is 6.20 Å². The van der Waals surface area contributed by atoms with Gasteiger partial charge in [0.15, 0.2) is 5.03 Å². The van der Waals surface area contributed by atoms with Gasteiger partial charge in [-0.05, 0) is 19.0 Å². The molecule has 0 aliphatic carbocycles. The van der Waals surface area contributed by atoms with E-state index in [1.54, 1.807) is 17.4 Å². The van der Waals surface area contributed by atoms with Crippen LogP contribution in [-0.4, -0.2) is 72.7 Å². The molecule has 9 heteroatoms. The highest BCUT2D eigenvalue weighted by atomic mass is 35.5. The zero-order valence-corrected chi connectivity index (χ0v) is 13.7. The average Bonchev–Trinajstić information content (AvgIpc) is 3.10. The van der Waals surface area contributed by atoms with Crippen molar-refractivity contribution in [1.29, 1.82) is 0 Å². The third kappa shape index (κ3) is 3.24. The van der Waals surface area contributed by atoms with Gasteiger partial charge < -0.3 is 5.32 Å². The molecule has 2 fully saturated rings. The second kappa shape index (κ2) is 6.62. The first-order valence-corrected chi connectivity index (χ1v) is 8.46. The maximum atomic E-state index is 12.5. The van der Waals surface area contributed by atoms with E-state index in [-0.39, 0.29) is 17.4 Å². The van der Waals surface area contributed by atoms with Crippen LogP contribution < -0.4 is 5.32 Å². The minimum Gasteiger partial charge on any atom is -0.315 e. The Hall–Kier alpha value is -0.670. The topological polar surface area (TPSA) is 70.5 Å². The number of nitrogens with one attached hydrogen (secondary N) is 1. The molecule has 1 aromatic rings. The summed E-state index contributed by atoms with van der Waals surface area (Å²) in [5.41, 5.74) is 0. The van der Waals surface area contributed by atoms with Crippen LogP contribution in [0.1, 0.15) is 6.42 Å². The molecule has 3 rings (SSSR count). The number of hydrogen-bond donors (Lipinski definition) is 1. The van der Waals surface area contributed by atoms with Crippen LogP contribution in [0.15, 0.2) is 17.3 Å². The summed E-state index contributed by atoms with van der Waals surface area (Å²) in [6.07, 6.45) is 2.68. The molecule has 0 saturated carbocycles.